The summed E-state index contributed by atoms with van der Waals surface area (Å²) in [6, 6.07) is 107. The Morgan fingerprint density at radius 2 is 0.279 bits per heavy atom. The molecule has 0 aromatic heterocycles. The number of rotatable bonds is 57. The highest BCUT2D eigenvalue weighted by Gasteiger charge is 2.45. The third-order valence-electron chi connectivity index (χ3n) is 29.7. The van der Waals surface area contributed by atoms with Gasteiger partial charge in [-0.05, 0) is 151 Å². The van der Waals surface area contributed by atoms with E-state index >= 15 is 0 Å². The van der Waals surface area contributed by atoms with Gasteiger partial charge >= 0.3 is 0 Å². The largest absolute Gasteiger partial charge is 0.907 e. The monoisotopic (exact) mass is 1820 g/mol. The van der Waals surface area contributed by atoms with Crippen LogP contribution >= 0.6 is 0 Å². The minimum Gasteiger partial charge on any atom is -0.907 e. The van der Waals surface area contributed by atoms with Crippen molar-refractivity contribution in [3.8, 4) is 0 Å². The molecule has 136 heavy (non-hydrogen) atoms. The fourth-order valence-corrected chi connectivity index (χ4v) is 21.1. The van der Waals surface area contributed by atoms with Crippen LogP contribution in [-0.2, 0) is 19.3 Å². The average molecular weight is 1830 g/mol. The number of nitrogens with zero attached hydrogens (tertiary/aromatic N) is 3. The van der Waals surface area contributed by atoms with E-state index in [4.69, 9.17) is 15.1 Å². The lowest BCUT2D eigenvalue weighted by Crippen LogP contribution is -2.56. The van der Waals surface area contributed by atoms with Crippen molar-refractivity contribution >= 4 is 75.6 Å². The molecular formula is C129H174BN3O3. The van der Waals surface area contributed by atoms with Gasteiger partial charge in [-0.2, -0.15) is 13.4 Å². The highest BCUT2D eigenvalue weighted by molar-refractivity contribution is 6.24. The van der Waals surface area contributed by atoms with E-state index in [1.165, 1.54) is 405 Å². The van der Waals surface area contributed by atoms with Crippen molar-refractivity contribution in [3.05, 3.63) is 358 Å². The first-order valence-corrected chi connectivity index (χ1v) is 54.0. The molecule has 0 aliphatic rings. The lowest BCUT2D eigenvalue weighted by atomic mass is 9.91. The highest BCUT2D eigenvalue weighted by atomic mass is 16.5. The third-order valence-corrected chi connectivity index (χ3v) is 29.7. The second-order valence-electron chi connectivity index (χ2n) is 39.1. The Labute approximate surface area is 828 Å². The SMILES string of the molecule is CCCCCCCCCCCCCCCCc1cc([N+](c2ccccc2)(c2ccccc2)c2ccccc2)c(C)c(C)c1C.CCCCCCCCCCCCCCCCc1cc([N+](c2ccccc2)(c2ccccc2)c2ccccc2)c(C)c(C)c1C.CCCCCCCCCCCCCCCCc1cc([N+](c2ccccc2)(c2ccccc2)c2ccccc2)c(C)c(C)c1C.[O-]B([O-])[O-]. The molecule has 0 spiro atoms. The van der Waals surface area contributed by atoms with E-state index in [9.17, 15) is 0 Å². The second-order valence-corrected chi connectivity index (χ2v) is 39.1. The van der Waals surface area contributed by atoms with E-state index in [1.807, 2.05) is 0 Å². The maximum Gasteiger partial charge on any atom is 0.151 e. The molecule has 0 aliphatic carbocycles. The number of aryl methyl sites for hydroxylation is 3. The summed E-state index contributed by atoms with van der Waals surface area (Å²) in [4.78, 5) is 0. The van der Waals surface area contributed by atoms with Gasteiger partial charge in [-0.25, -0.2) is 0 Å². The molecule has 0 unspecified atom stereocenters. The van der Waals surface area contributed by atoms with Gasteiger partial charge in [0.25, 0.3) is 0 Å². The number of para-hydroxylation sites is 9. The van der Waals surface area contributed by atoms with Gasteiger partial charge < -0.3 is 15.1 Å². The van der Waals surface area contributed by atoms with Gasteiger partial charge in [-0.15, -0.1) is 0 Å². The van der Waals surface area contributed by atoms with Crippen molar-refractivity contribution in [2.45, 2.75) is 372 Å². The first kappa shape index (κ1) is 110. The molecule has 0 saturated carbocycles. The van der Waals surface area contributed by atoms with E-state index in [1.54, 1.807) is 0 Å². The quantitative estimate of drug-likeness (QED) is 0.0217. The van der Waals surface area contributed by atoms with Crippen LogP contribution in [0.1, 0.15) is 357 Å². The fraction of sp³-hybridized carbons (Fsp3) is 0.442. The zero-order valence-electron chi connectivity index (χ0n) is 86.7. The van der Waals surface area contributed by atoms with Gasteiger partial charge in [0.2, 0.25) is 0 Å². The second kappa shape index (κ2) is 62.4. The number of hydrogen-bond acceptors (Lipinski definition) is 3. The smallest absolute Gasteiger partial charge is 0.151 e. The normalized spacial score (nSPS) is 11.5. The van der Waals surface area contributed by atoms with E-state index in [-0.39, 0.29) is 0 Å². The Morgan fingerprint density at radius 3 is 0.404 bits per heavy atom. The molecule has 12 aromatic rings. The maximum atomic E-state index is 8.42. The summed E-state index contributed by atoms with van der Waals surface area (Å²) < 4.78 is 1.75. The van der Waals surface area contributed by atoms with Crippen molar-refractivity contribution in [1.82, 2.24) is 13.4 Å². The van der Waals surface area contributed by atoms with Crippen LogP contribution < -0.4 is 28.5 Å². The van der Waals surface area contributed by atoms with Gasteiger partial charge in [-0.1, -0.05) is 435 Å². The van der Waals surface area contributed by atoms with Gasteiger partial charge in [0.1, 0.15) is 51.2 Å². The summed E-state index contributed by atoms with van der Waals surface area (Å²) in [5, 5.41) is 25.2. The first-order valence-electron chi connectivity index (χ1n) is 54.0. The molecule has 0 atom stereocenters. The number of hydrogen-bond donors (Lipinski definition) is 0. The van der Waals surface area contributed by atoms with E-state index in [0.717, 1.165) is 19.3 Å². The van der Waals surface area contributed by atoms with E-state index in [0.29, 0.717) is 13.4 Å². The fourth-order valence-electron chi connectivity index (χ4n) is 21.1. The number of quaternary nitrogens is 3. The standard InChI is InChI=1S/3C43H58N.BO3/c3*1-5-6-7-8-9-10-11-12-13-14-15-16-17-21-28-39-35-43(38(4)36(2)37(39)3)44(40-29-22-18-23-30-40,41-31-24-19-25-32-41)42-33-26-20-27-34-42;2-1(3)4/h3*18-20,22-27,29-35H,5-17,21,28H2,1-4H3;/q3*+1;-3. The third kappa shape index (κ3) is 32.3. The van der Waals surface area contributed by atoms with Crippen molar-refractivity contribution in [2.24, 2.45) is 0 Å². The lowest BCUT2D eigenvalue weighted by molar-refractivity contribution is -0.479. The molecule has 0 N–H and O–H groups in total. The molecule has 0 amide bonds. The van der Waals surface area contributed by atoms with Crippen LogP contribution in [0.2, 0.25) is 0 Å². The maximum absolute atomic E-state index is 8.42. The summed E-state index contributed by atoms with van der Waals surface area (Å²) in [5.41, 5.74) is 32.8. The Hall–Kier alpha value is -9.54. The van der Waals surface area contributed by atoms with Crippen LogP contribution in [0.25, 0.3) is 0 Å². The lowest BCUT2D eigenvalue weighted by Gasteiger charge is -2.39. The van der Waals surface area contributed by atoms with Crippen LogP contribution in [0.5, 0.6) is 0 Å². The summed E-state index contributed by atoms with van der Waals surface area (Å²) in [5.74, 6) is 0. The molecule has 12 aromatic carbocycles. The van der Waals surface area contributed by atoms with Crippen LogP contribution in [0.3, 0.4) is 0 Å². The molecule has 726 valence electrons. The van der Waals surface area contributed by atoms with Crippen molar-refractivity contribution < 1.29 is 15.1 Å². The Bertz CT molecular complexity index is 4380. The van der Waals surface area contributed by atoms with Crippen LogP contribution in [0, 0.1) is 62.3 Å². The van der Waals surface area contributed by atoms with Crippen molar-refractivity contribution in [3.63, 3.8) is 0 Å². The molecule has 7 heteroatoms. The van der Waals surface area contributed by atoms with Crippen molar-refractivity contribution in [1.29, 1.82) is 0 Å². The van der Waals surface area contributed by atoms with Crippen LogP contribution in [0.4, 0.5) is 68.2 Å². The predicted molar refractivity (Wildman–Crippen MR) is 590 cm³/mol. The summed E-state index contributed by atoms with van der Waals surface area (Å²) in [7, 11) is -2.92. The van der Waals surface area contributed by atoms with Crippen LogP contribution in [-0.4, -0.2) is 7.32 Å². The molecule has 6 nitrogen and oxygen atoms in total. The summed E-state index contributed by atoms with van der Waals surface area (Å²) in [6.07, 6.45) is 62.2. The molecule has 0 aliphatic heterocycles. The zero-order chi connectivity index (χ0) is 96.7. The molecule has 0 saturated heterocycles. The average Bonchev–Trinajstić information content (AvgIpc) is 0.732. The minimum absolute atomic E-state index is 0.585. The Balaban J connectivity index is 0.000000224. The van der Waals surface area contributed by atoms with E-state index < -0.39 is 7.32 Å². The van der Waals surface area contributed by atoms with Gasteiger partial charge in [-0.3, -0.25) is 7.32 Å². The Morgan fingerprint density at radius 1 is 0.162 bits per heavy atom. The van der Waals surface area contributed by atoms with Crippen LogP contribution in [0.15, 0.2) is 291 Å². The number of unbranched alkanes of at least 4 members (excludes halogenated alkanes) is 39. The van der Waals surface area contributed by atoms with Gasteiger partial charge in [0, 0.05) is 144 Å². The van der Waals surface area contributed by atoms with E-state index in [2.05, 4.69) is 374 Å². The summed E-state index contributed by atoms with van der Waals surface area (Å²) in [6.45, 7) is 27.9. The molecular weight excluding hydrogens is 1650 g/mol. The molecule has 0 bridgehead atoms. The van der Waals surface area contributed by atoms with Gasteiger partial charge in [0.05, 0.1) is 0 Å². The number of benzene rings is 12. The molecule has 0 radical (unpaired) electrons. The first-order chi connectivity index (χ1) is 66.5. The summed E-state index contributed by atoms with van der Waals surface area (Å²) >= 11 is 0. The predicted octanol–water partition coefficient (Wildman–Crippen LogP) is 37.9. The highest BCUT2D eigenvalue weighted by Crippen LogP contribution is 2.57. The zero-order valence-corrected chi connectivity index (χ0v) is 86.7. The molecule has 0 heterocycles. The minimum atomic E-state index is -2.92. The van der Waals surface area contributed by atoms with Gasteiger partial charge in [0.15, 0.2) is 17.1 Å². The molecule has 0 fully saturated rings. The topological polar surface area (TPSA) is 69.2 Å². The molecule has 12 rings (SSSR count). The van der Waals surface area contributed by atoms with Crippen molar-refractivity contribution in [2.75, 3.05) is 0 Å². The Kier molecular flexibility index (Phi) is 50.5.